The fourth-order valence-corrected chi connectivity index (χ4v) is 3.10. The zero-order valence-corrected chi connectivity index (χ0v) is 13.2. The summed E-state index contributed by atoms with van der Waals surface area (Å²) in [7, 11) is 0. The lowest BCUT2D eigenvalue weighted by Crippen LogP contribution is -2.26. The molecular formula is C19H18O4. The quantitative estimate of drug-likeness (QED) is 0.492. The first-order valence-electron chi connectivity index (χ1n) is 7.71. The number of ether oxygens (including phenoxy) is 2. The average molecular weight is 310 g/mol. The molecule has 1 atom stereocenters. The van der Waals surface area contributed by atoms with E-state index < -0.39 is 5.97 Å². The zero-order valence-electron chi connectivity index (χ0n) is 13.2. The number of carbonyl (C=O) groups excluding carboxylic acids is 2. The molecule has 1 aliphatic heterocycles. The van der Waals surface area contributed by atoms with Crippen LogP contribution in [0.1, 0.15) is 31.7 Å². The second-order valence-corrected chi connectivity index (χ2v) is 5.39. The zero-order chi connectivity index (χ0) is 16.4. The van der Waals surface area contributed by atoms with E-state index in [0.717, 1.165) is 16.3 Å². The van der Waals surface area contributed by atoms with Crippen LogP contribution in [0.3, 0.4) is 0 Å². The summed E-state index contributed by atoms with van der Waals surface area (Å²) in [5, 5.41) is 2.04. The van der Waals surface area contributed by atoms with Gasteiger partial charge in [-0.15, -0.1) is 0 Å². The summed E-state index contributed by atoms with van der Waals surface area (Å²) in [6.07, 6.45) is 1.85. The van der Waals surface area contributed by atoms with Crippen LogP contribution in [-0.2, 0) is 14.3 Å². The van der Waals surface area contributed by atoms with Gasteiger partial charge >= 0.3 is 11.9 Å². The number of carbonyl (C=O) groups is 2. The highest BCUT2D eigenvalue weighted by molar-refractivity contribution is 5.99. The summed E-state index contributed by atoms with van der Waals surface area (Å²) >= 11 is 0. The molecule has 3 rings (SSSR count). The molecule has 0 bridgehead atoms. The highest BCUT2D eigenvalue weighted by Gasteiger charge is 2.35. The minimum absolute atomic E-state index is 0.129. The van der Waals surface area contributed by atoms with Gasteiger partial charge in [-0.25, -0.2) is 4.79 Å². The van der Waals surface area contributed by atoms with Crippen LogP contribution in [0.4, 0.5) is 0 Å². The maximum Gasteiger partial charge on any atom is 0.339 e. The fourth-order valence-electron chi connectivity index (χ4n) is 3.10. The molecule has 0 radical (unpaired) electrons. The van der Waals surface area contributed by atoms with Gasteiger partial charge < -0.3 is 9.47 Å². The van der Waals surface area contributed by atoms with Gasteiger partial charge in [-0.05, 0) is 30.7 Å². The summed E-state index contributed by atoms with van der Waals surface area (Å²) in [6, 6.07) is 11.6. The van der Waals surface area contributed by atoms with Gasteiger partial charge in [-0.1, -0.05) is 36.4 Å². The number of rotatable bonds is 3. The van der Waals surface area contributed by atoms with Crippen LogP contribution in [-0.4, -0.2) is 18.5 Å². The summed E-state index contributed by atoms with van der Waals surface area (Å²) in [5.74, 6) is -0.537. The van der Waals surface area contributed by atoms with Crippen LogP contribution in [0.5, 0.6) is 5.75 Å². The molecule has 0 N–H and O–H groups in total. The molecule has 118 valence electrons. The normalized spacial score (nSPS) is 18.6. The van der Waals surface area contributed by atoms with E-state index in [1.54, 1.807) is 26.0 Å². The Morgan fingerprint density at radius 1 is 1.26 bits per heavy atom. The minimum Gasteiger partial charge on any atom is -0.466 e. The predicted octanol–water partition coefficient (Wildman–Crippen LogP) is 3.74. The van der Waals surface area contributed by atoms with Gasteiger partial charge in [0.25, 0.3) is 0 Å². The number of fused-ring (bicyclic) bond motifs is 3. The lowest BCUT2D eigenvalue weighted by atomic mass is 9.83. The molecule has 0 unspecified atom stereocenters. The SMILES string of the molecule is C/C=C1/C(=O)Oc2ccc3ccccc3c2[C@@H]1CC(=O)OCC. The van der Waals surface area contributed by atoms with Crippen LogP contribution in [0, 0.1) is 0 Å². The van der Waals surface area contributed by atoms with Gasteiger partial charge in [0, 0.05) is 17.1 Å². The number of allylic oxidation sites excluding steroid dienone is 1. The Balaban J connectivity index is 2.17. The highest BCUT2D eigenvalue weighted by Crippen LogP contribution is 2.43. The van der Waals surface area contributed by atoms with Crippen molar-refractivity contribution < 1.29 is 19.1 Å². The second-order valence-electron chi connectivity index (χ2n) is 5.39. The topological polar surface area (TPSA) is 52.6 Å². The van der Waals surface area contributed by atoms with E-state index in [9.17, 15) is 9.59 Å². The molecule has 4 nitrogen and oxygen atoms in total. The Bertz CT molecular complexity index is 804. The Morgan fingerprint density at radius 3 is 2.78 bits per heavy atom. The van der Waals surface area contributed by atoms with Crippen molar-refractivity contribution in [2.45, 2.75) is 26.2 Å². The van der Waals surface area contributed by atoms with Crippen molar-refractivity contribution in [2.24, 2.45) is 0 Å². The monoisotopic (exact) mass is 310 g/mol. The lowest BCUT2D eigenvalue weighted by Gasteiger charge is -2.27. The molecule has 0 amide bonds. The largest absolute Gasteiger partial charge is 0.466 e. The molecule has 23 heavy (non-hydrogen) atoms. The molecular weight excluding hydrogens is 292 g/mol. The molecule has 2 aromatic rings. The van der Waals surface area contributed by atoms with Crippen molar-refractivity contribution in [3.05, 3.63) is 53.6 Å². The van der Waals surface area contributed by atoms with Gasteiger partial charge in [-0.2, -0.15) is 0 Å². The fraction of sp³-hybridized carbons (Fsp3) is 0.263. The van der Waals surface area contributed by atoms with Crippen LogP contribution in [0.2, 0.25) is 0 Å². The lowest BCUT2D eigenvalue weighted by molar-refractivity contribution is -0.143. The number of hydrogen-bond acceptors (Lipinski definition) is 4. The van der Waals surface area contributed by atoms with Crippen LogP contribution >= 0.6 is 0 Å². The molecule has 0 aliphatic carbocycles. The first-order valence-corrected chi connectivity index (χ1v) is 7.71. The Labute approximate surface area is 134 Å². The Hall–Kier alpha value is -2.62. The minimum atomic E-state index is -0.399. The molecule has 0 saturated carbocycles. The van der Waals surface area contributed by atoms with Gasteiger partial charge in [0.2, 0.25) is 0 Å². The molecule has 4 heteroatoms. The first kappa shape index (κ1) is 15.3. The summed E-state index contributed by atoms with van der Waals surface area (Å²) in [6.45, 7) is 3.88. The number of hydrogen-bond donors (Lipinski definition) is 0. The second kappa shape index (κ2) is 6.24. The molecule has 0 saturated heterocycles. The molecule has 1 aliphatic rings. The van der Waals surface area contributed by atoms with Crippen molar-refractivity contribution in [1.29, 1.82) is 0 Å². The Kier molecular flexibility index (Phi) is 4.15. The Morgan fingerprint density at radius 2 is 2.04 bits per heavy atom. The van der Waals surface area contributed by atoms with E-state index in [1.165, 1.54) is 0 Å². The third kappa shape index (κ3) is 2.72. The van der Waals surface area contributed by atoms with E-state index in [0.29, 0.717) is 17.9 Å². The number of benzene rings is 2. The van der Waals surface area contributed by atoms with Crippen molar-refractivity contribution in [2.75, 3.05) is 6.61 Å². The van der Waals surface area contributed by atoms with E-state index >= 15 is 0 Å². The van der Waals surface area contributed by atoms with Crippen LogP contribution in [0.25, 0.3) is 10.8 Å². The third-order valence-corrected chi connectivity index (χ3v) is 4.08. The van der Waals surface area contributed by atoms with Gasteiger partial charge in [0.05, 0.1) is 13.0 Å². The molecule has 1 heterocycles. The van der Waals surface area contributed by atoms with Crippen LogP contribution in [0.15, 0.2) is 48.0 Å². The predicted molar refractivity (Wildman–Crippen MR) is 87.3 cm³/mol. The van der Waals surface area contributed by atoms with E-state index in [4.69, 9.17) is 9.47 Å². The van der Waals surface area contributed by atoms with Gasteiger partial charge in [-0.3, -0.25) is 4.79 Å². The smallest absolute Gasteiger partial charge is 0.339 e. The average Bonchev–Trinajstić information content (AvgIpc) is 2.54. The highest BCUT2D eigenvalue weighted by atomic mass is 16.5. The maximum atomic E-state index is 12.2. The molecule has 0 aromatic heterocycles. The third-order valence-electron chi connectivity index (χ3n) is 4.08. The van der Waals surface area contributed by atoms with E-state index in [-0.39, 0.29) is 18.3 Å². The molecule has 2 aromatic carbocycles. The standard InChI is InChI=1S/C19H18O4/c1-3-13-15(11-17(20)22-4-2)18-14-8-6-5-7-12(14)9-10-16(18)23-19(13)21/h3,5-10,15H,4,11H2,1-2H3/b13-3+/t15-/m1/s1. The van der Waals surface area contributed by atoms with Crippen molar-refractivity contribution in [1.82, 2.24) is 0 Å². The molecule has 0 spiro atoms. The number of esters is 2. The van der Waals surface area contributed by atoms with E-state index in [2.05, 4.69) is 0 Å². The van der Waals surface area contributed by atoms with Crippen LogP contribution < -0.4 is 4.74 Å². The maximum absolute atomic E-state index is 12.2. The first-order chi connectivity index (χ1) is 11.2. The van der Waals surface area contributed by atoms with Crippen molar-refractivity contribution in [3.63, 3.8) is 0 Å². The van der Waals surface area contributed by atoms with Gasteiger partial charge in [0.15, 0.2) is 0 Å². The van der Waals surface area contributed by atoms with Crippen molar-refractivity contribution >= 4 is 22.7 Å². The van der Waals surface area contributed by atoms with Gasteiger partial charge in [0.1, 0.15) is 5.75 Å². The summed E-state index contributed by atoms with van der Waals surface area (Å²) < 4.78 is 10.5. The molecule has 0 fully saturated rings. The van der Waals surface area contributed by atoms with E-state index in [1.807, 2.05) is 30.3 Å². The van der Waals surface area contributed by atoms with Crippen molar-refractivity contribution in [3.8, 4) is 5.75 Å². The summed E-state index contributed by atoms with van der Waals surface area (Å²) in [5.41, 5.74) is 1.38. The summed E-state index contributed by atoms with van der Waals surface area (Å²) in [4.78, 5) is 24.3.